The van der Waals surface area contributed by atoms with Crippen LogP contribution in [0.4, 0.5) is 5.69 Å². The van der Waals surface area contributed by atoms with Crippen molar-refractivity contribution >= 4 is 5.69 Å². The first kappa shape index (κ1) is 16.6. The average Bonchev–Trinajstić information content (AvgIpc) is 3.10. The Bertz CT molecular complexity index is 890. The zero-order valence-corrected chi connectivity index (χ0v) is 14.3. The van der Waals surface area contributed by atoms with Crippen molar-refractivity contribution in [1.82, 2.24) is 4.90 Å². The molecule has 2 heterocycles. The van der Waals surface area contributed by atoms with E-state index in [9.17, 15) is 10.1 Å². The Labute approximate surface area is 151 Å². The van der Waals surface area contributed by atoms with E-state index in [1.807, 2.05) is 18.2 Å². The summed E-state index contributed by atoms with van der Waals surface area (Å²) >= 11 is 0. The third-order valence-electron chi connectivity index (χ3n) is 5.35. The van der Waals surface area contributed by atoms with Gasteiger partial charge in [0.15, 0.2) is 0 Å². The highest BCUT2D eigenvalue weighted by molar-refractivity contribution is 5.46. The molecule has 2 aromatic rings. The molecule has 4 rings (SSSR count). The second-order valence-corrected chi connectivity index (χ2v) is 6.98. The molecule has 132 valence electrons. The summed E-state index contributed by atoms with van der Waals surface area (Å²) in [7, 11) is 0. The van der Waals surface area contributed by atoms with Crippen LogP contribution in [-0.2, 0) is 6.42 Å². The van der Waals surface area contributed by atoms with Crippen molar-refractivity contribution in [2.45, 2.75) is 12.3 Å². The standard InChI is InChI=1S/C20H19N3O3/c21-10-15-4-5-20-18(9-15)19-12-22(11-16(19)13-26-20)7-6-14-2-1-3-17(8-14)23(24)25/h1-5,8-9,16,19H,6-7,11-13H2/t16-,19+/m1/s1. The summed E-state index contributed by atoms with van der Waals surface area (Å²) in [5.41, 5.74) is 2.93. The molecule has 0 bridgehead atoms. The maximum Gasteiger partial charge on any atom is 0.269 e. The first-order valence-electron chi connectivity index (χ1n) is 8.76. The molecule has 0 saturated carbocycles. The number of benzene rings is 2. The maximum atomic E-state index is 10.9. The second kappa shape index (κ2) is 6.77. The summed E-state index contributed by atoms with van der Waals surface area (Å²) in [6, 6.07) is 14.7. The number of rotatable bonds is 4. The maximum absolute atomic E-state index is 10.9. The van der Waals surface area contributed by atoms with Gasteiger partial charge in [0.2, 0.25) is 0 Å². The number of nitro benzene ring substituents is 1. The van der Waals surface area contributed by atoms with E-state index in [4.69, 9.17) is 10.00 Å². The van der Waals surface area contributed by atoms with Gasteiger partial charge >= 0.3 is 0 Å². The summed E-state index contributed by atoms with van der Waals surface area (Å²) in [6.45, 7) is 3.46. The van der Waals surface area contributed by atoms with Crippen LogP contribution in [0.1, 0.15) is 22.6 Å². The van der Waals surface area contributed by atoms with Gasteiger partial charge in [-0.05, 0) is 30.2 Å². The van der Waals surface area contributed by atoms with Crippen molar-refractivity contribution < 1.29 is 9.66 Å². The molecule has 6 nitrogen and oxygen atoms in total. The zero-order valence-electron chi connectivity index (χ0n) is 14.3. The third kappa shape index (κ3) is 3.14. The van der Waals surface area contributed by atoms with Crippen LogP contribution in [0.25, 0.3) is 0 Å². The summed E-state index contributed by atoms with van der Waals surface area (Å²) in [5.74, 6) is 1.71. The Morgan fingerprint density at radius 2 is 2.15 bits per heavy atom. The zero-order chi connectivity index (χ0) is 18.1. The minimum Gasteiger partial charge on any atom is -0.493 e. The Kier molecular flexibility index (Phi) is 4.31. The van der Waals surface area contributed by atoms with E-state index in [0.717, 1.165) is 42.9 Å². The predicted octanol–water partition coefficient (Wildman–Crippen LogP) is 3.12. The van der Waals surface area contributed by atoms with Gasteiger partial charge in [-0.25, -0.2) is 0 Å². The Balaban J connectivity index is 1.44. The highest BCUT2D eigenvalue weighted by atomic mass is 16.6. The Morgan fingerprint density at radius 3 is 2.96 bits per heavy atom. The summed E-state index contributed by atoms with van der Waals surface area (Å²) in [4.78, 5) is 13.0. The normalized spacial score (nSPS) is 21.3. The molecule has 0 aliphatic carbocycles. The molecule has 2 aliphatic heterocycles. The fourth-order valence-electron chi connectivity index (χ4n) is 4.01. The van der Waals surface area contributed by atoms with E-state index in [-0.39, 0.29) is 10.6 Å². The van der Waals surface area contributed by atoms with Crippen LogP contribution in [-0.4, -0.2) is 36.1 Å². The van der Waals surface area contributed by atoms with Crippen LogP contribution in [0.3, 0.4) is 0 Å². The van der Waals surface area contributed by atoms with Gasteiger partial charge in [0.25, 0.3) is 5.69 Å². The number of non-ortho nitro benzene ring substituents is 1. The van der Waals surface area contributed by atoms with Gasteiger partial charge in [-0.2, -0.15) is 5.26 Å². The van der Waals surface area contributed by atoms with E-state index < -0.39 is 0 Å². The van der Waals surface area contributed by atoms with E-state index in [0.29, 0.717) is 24.0 Å². The van der Waals surface area contributed by atoms with E-state index in [2.05, 4.69) is 11.0 Å². The second-order valence-electron chi connectivity index (χ2n) is 6.98. The van der Waals surface area contributed by atoms with E-state index in [1.165, 1.54) is 6.07 Å². The lowest BCUT2D eigenvalue weighted by atomic mass is 9.86. The number of fused-ring (bicyclic) bond motifs is 3. The van der Waals surface area contributed by atoms with Gasteiger partial charge < -0.3 is 9.64 Å². The van der Waals surface area contributed by atoms with Crippen LogP contribution in [0.15, 0.2) is 42.5 Å². The number of hydrogen-bond donors (Lipinski definition) is 0. The predicted molar refractivity (Wildman–Crippen MR) is 96.1 cm³/mol. The van der Waals surface area contributed by atoms with Gasteiger partial charge in [-0.15, -0.1) is 0 Å². The molecule has 0 amide bonds. The Morgan fingerprint density at radius 1 is 1.27 bits per heavy atom. The van der Waals surface area contributed by atoms with Gasteiger partial charge in [0.1, 0.15) is 5.75 Å². The molecular formula is C20H19N3O3. The lowest BCUT2D eigenvalue weighted by molar-refractivity contribution is -0.384. The number of ether oxygens (including phenoxy) is 1. The quantitative estimate of drug-likeness (QED) is 0.626. The van der Waals surface area contributed by atoms with Crippen molar-refractivity contribution in [3.63, 3.8) is 0 Å². The molecule has 1 saturated heterocycles. The molecule has 0 N–H and O–H groups in total. The number of nitriles is 1. The summed E-state index contributed by atoms with van der Waals surface area (Å²) in [6.07, 6.45) is 0.785. The number of nitrogens with zero attached hydrogens (tertiary/aromatic N) is 3. The molecule has 2 aromatic carbocycles. The summed E-state index contributed by atoms with van der Waals surface area (Å²) in [5, 5.41) is 20.1. The molecule has 2 aliphatic rings. The molecule has 0 spiro atoms. The van der Waals surface area contributed by atoms with Crippen molar-refractivity contribution in [1.29, 1.82) is 5.26 Å². The fraction of sp³-hybridized carbons (Fsp3) is 0.350. The average molecular weight is 349 g/mol. The van der Waals surface area contributed by atoms with Gasteiger partial charge in [0.05, 0.1) is 23.2 Å². The van der Waals surface area contributed by atoms with Crippen LogP contribution in [0, 0.1) is 27.4 Å². The number of likely N-dealkylation sites (tertiary alicyclic amines) is 1. The van der Waals surface area contributed by atoms with Gasteiger partial charge in [-0.3, -0.25) is 10.1 Å². The largest absolute Gasteiger partial charge is 0.493 e. The van der Waals surface area contributed by atoms with Crippen LogP contribution in [0.5, 0.6) is 5.75 Å². The highest BCUT2D eigenvalue weighted by Crippen LogP contribution is 2.41. The minimum absolute atomic E-state index is 0.143. The molecule has 0 aromatic heterocycles. The third-order valence-corrected chi connectivity index (χ3v) is 5.35. The van der Waals surface area contributed by atoms with Crippen LogP contribution in [0.2, 0.25) is 0 Å². The number of hydrogen-bond acceptors (Lipinski definition) is 5. The van der Waals surface area contributed by atoms with Crippen molar-refractivity contribution in [3.8, 4) is 11.8 Å². The lowest BCUT2D eigenvalue weighted by Crippen LogP contribution is -2.25. The van der Waals surface area contributed by atoms with Crippen LogP contribution >= 0.6 is 0 Å². The lowest BCUT2D eigenvalue weighted by Gasteiger charge is -2.27. The van der Waals surface area contributed by atoms with Gasteiger partial charge in [-0.1, -0.05) is 12.1 Å². The fourth-order valence-corrected chi connectivity index (χ4v) is 4.01. The monoisotopic (exact) mass is 349 g/mol. The Hall–Kier alpha value is -2.91. The summed E-state index contributed by atoms with van der Waals surface area (Å²) < 4.78 is 5.88. The molecule has 26 heavy (non-hydrogen) atoms. The SMILES string of the molecule is N#Cc1ccc2c(c1)[C@H]1CN(CCc3cccc([N+](=O)[O-])c3)C[C@@H]1CO2. The molecule has 2 atom stereocenters. The van der Waals surface area contributed by atoms with Crippen LogP contribution < -0.4 is 4.74 Å². The minimum atomic E-state index is -0.352. The van der Waals surface area contributed by atoms with E-state index >= 15 is 0 Å². The highest BCUT2D eigenvalue weighted by Gasteiger charge is 2.38. The van der Waals surface area contributed by atoms with E-state index in [1.54, 1.807) is 18.2 Å². The topological polar surface area (TPSA) is 79.4 Å². The number of nitro groups is 1. The molecular weight excluding hydrogens is 330 g/mol. The van der Waals surface area contributed by atoms with Crippen molar-refractivity contribution in [3.05, 3.63) is 69.3 Å². The van der Waals surface area contributed by atoms with Crippen molar-refractivity contribution in [2.75, 3.05) is 26.2 Å². The first-order chi connectivity index (χ1) is 12.6. The van der Waals surface area contributed by atoms with Gasteiger partial charge in [0, 0.05) is 49.2 Å². The first-order valence-corrected chi connectivity index (χ1v) is 8.76. The molecule has 1 fully saturated rings. The van der Waals surface area contributed by atoms with Crippen molar-refractivity contribution in [2.24, 2.45) is 5.92 Å². The smallest absolute Gasteiger partial charge is 0.269 e. The molecule has 0 radical (unpaired) electrons. The molecule has 6 heteroatoms. The molecule has 0 unspecified atom stereocenters.